The van der Waals surface area contributed by atoms with Crippen LogP contribution in [0.1, 0.15) is 17.0 Å². The molecule has 0 spiro atoms. The standard InChI is InChI=1S/C18H21FN6O/c1-12-17(9-21-15-8-22-24(10-15)11-18(26)20-3)13(2)25(23-12)16-6-4-14(19)5-7-16/h4-8,10,21H,9,11H2,1-3H3,(H,20,26). The maximum absolute atomic E-state index is 13.1. The van der Waals surface area contributed by atoms with Crippen LogP contribution in [0.4, 0.5) is 10.1 Å². The molecule has 0 aliphatic carbocycles. The second-order valence-corrected chi connectivity index (χ2v) is 5.99. The minimum atomic E-state index is -0.272. The molecule has 1 aromatic carbocycles. The van der Waals surface area contributed by atoms with Crippen molar-refractivity contribution in [3.63, 3.8) is 0 Å². The first-order valence-corrected chi connectivity index (χ1v) is 8.26. The predicted octanol–water partition coefficient (Wildman–Crippen LogP) is 2.18. The summed E-state index contributed by atoms with van der Waals surface area (Å²) in [6.07, 6.45) is 3.46. The van der Waals surface area contributed by atoms with Crippen molar-refractivity contribution in [1.29, 1.82) is 0 Å². The van der Waals surface area contributed by atoms with E-state index in [1.807, 2.05) is 13.8 Å². The quantitative estimate of drug-likeness (QED) is 0.710. The van der Waals surface area contributed by atoms with E-state index in [2.05, 4.69) is 20.8 Å². The molecule has 2 heterocycles. The van der Waals surface area contributed by atoms with Crippen molar-refractivity contribution in [2.75, 3.05) is 12.4 Å². The average Bonchev–Trinajstić information content (AvgIpc) is 3.18. The molecule has 26 heavy (non-hydrogen) atoms. The predicted molar refractivity (Wildman–Crippen MR) is 96.6 cm³/mol. The molecule has 0 unspecified atom stereocenters. The summed E-state index contributed by atoms with van der Waals surface area (Å²) in [7, 11) is 1.59. The molecule has 0 fully saturated rings. The number of hydrogen-bond donors (Lipinski definition) is 2. The van der Waals surface area contributed by atoms with Gasteiger partial charge in [-0.2, -0.15) is 10.2 Å². The van der Waals surface area contributed by atoms with Gasteiger partial charge in [-0.05, 0) is 38.1 Å². The number of carbonyl (C=O) groups is 1. The van der Waals surface area contributed by atoms with Crippen molar-refractivity contribution < 1.29 is 9.18 Å². The van der Waals surface area contributed by atoms with Crippen molar-refractivity contribution in [1.82, 2.24) is 24.9 Å². The Kier molecular flexibility index (Phi) is 5.01. The van der Waals surface area contributed by atoms with Gasteiger partial charge in [-0.3, -0.25) is 9.48 Å². The van der Waals surface area contributed by atoms with Crippen LogP contribution >= 0.6 is 0 Å². The van der Waals surface area contributed by atoms with E-state index in [0.717, 1.165) is 28.3 Å². The van der Waals surface area contributed by atoms with E-state index >= 15 is 0 Å². The molecule has 8 heteroatoms. The minimum Gasteiger partial charge on any atom is -0.378 e. The number of aromatic nitrogens is 4. The Bertz CT molecular complexity index is 912. The number of aryl methyl sites for hydroxylation is 1. The van der Waals surface area contributed by atoms with Crippen LogP contribution in [-0.2, 0) is 17.9 Å². The number of benzene rings is 1. The number of amides is 1. The second-order valence-electron chi connectivity index (χ2n) is 5.99. The highest BCUT2D eigenvalue weighted by molar-refractivity contribution is 5.75. The lowest BCUT2D eigenvalue weighted by molar-refractivity contribution is -0.121. The lowest BCUT2D eigenvalue weighted by Crippen LogP contribution is -2.23. The third-order valence-electron chi connectivity index (χ3n) is 4.20. The lowest BCUT2D eigenvalue weighted by atomic mass is 10.2. The van der Waals surface area contributed by atoms with Crippen LogP contribution < -0.4 is 10.6 Å². The van der Waals surface area contributed by atoms with Crippen LogP contribution in [0.5, 0.6) is 0 Å². The van der Waals surface area contributed by atoms with E-state index in [1.165, 1.54) is 12.1 Å². The van der Waals surface area contributed by atoms with Gasteiger partial charge in [-0.15, -0.1) is 0 Å². The van der Waals surface area contributed by atoms with Crippen molar-refractivity contribution in [2.24, 2.45) is 0 Å². The molecule has 2 aromatic heterocycles. The fourth-order valence-corrected chi connectivity index (χ4v) is 2.72. The van der Waals surface area contributed by atoms with Gasteiger partial charge in [0, 0.05) is 31.0 Å². The van der Waals surface area contributed by atoms with Crippen LogP contribution in [-0.4, -0.2) is 32.5 Å². The highest BCUT2D eigenvalue weighted by atomic mass is 19.1. The molecule has 0 atom stereocenters. The number of carbonyl (C=O) groups excluding carboxylic acids is 1. The normalized spacial score (nSPS) is 10.8. The molecule has 0 saturated carbocycles. The number of halogens is 1. The number of nitrogens with one attached hydrogen (secondary N) is 2. The van der Waals surface area contributed by atoms with Gasteiger partial charge in [0.15, 0.2) is 0 Å². The molecule has 0 aliphatic heterocycles. The molecule has 3 rings (SSSR count). The SMILES string of the molecule is CNC(=O)Cn1cc(NCc2c(C)nn(-c3ccc(F)cc3)c2C)cn1. The Morgan fingerprint density at radius 1 is 1.23 bits per heavy atom. The molecule has 136 valence electrons. The molecule has 0 saturated heterocycles. The van der Waals surface area contributed by atoms with Gasteiger partial charge in [-0.25, -0.2) is 9.07 Å². The number of nitrogens with zero attached hydrogens (tertiary/aromatic N) is 4. The molecule has 3 aromatic rings. The number of rotatable bonds is 6. The first kappa shape index (κ1) is 17.7. The maximum Gasteiger partial charge on any atom is 0.241 e. The summed E-state index contributed by atoms with van der Waals surface area (Å²) in [6.45, 7) is 4.68. The van der Waals surface area contributed by atoms with Crippen molar-refractivity contribution in [3.8, 4) is 5.69 Å². The van der Waals surface area contributed by atoms with Crippen molar-refractivity contribution in [2.45, 2.75) is 26.9 Å². The third kappa shape index (κ3) is 3.74. The Morgan fingerprint density at radius 2 is 1.96 bits per heavy atom. The van der Waals surface area contributed by atoms with E-state index in [1.54, 1.807) is 40.9 Å². The van der Waals surface area contributed by atoms with Gasteiger partial charge in [-0.1, -0.05) is 0 Å². The third-order valence-corrected chi connectivity index (χ3v) is 4.20. The molecule has 0 radical (unpaired) electrons. The first-order chi connectivity index (χ1) is 12.5. The van der Waals surface area contributed by atoms with Gasteiger partial charge >= 0.3 is 0 Å². The van der Waals surface area contributed by atoms with Crippen LogP contribution in [0.15, 0.2) is 36.7 Å². The Morgan fingerprint density at radius 3 is 2.65 bits per heavy atom. The summed E-state index contributed by atoms with van der Waals surface area (Å²) in [5, 5.41) is 14.6. The molecular weight excluding hydrogens is 335 g/mol. The van der Waals surface area contributed by atoms with E-state index in [4.69, 9.17) is 0 Å². The van der Waals surface area contributed by atoms with Crippen LogP contribution in [0.25, 0.3) is 5.69 Å². The Labute approximate surface area is 150 Å². The van der Waals surface area contributed by atoms with Crippen LogP contribution in [0, 0.1) is 19.7 Å². The molecular formula is C18H21FN6O. The van der Waals surface area contributed by atoms with E-state index in [0.29, 0.717) is 6.54 Å². The summed E-state index contributed by atoms with van der Waals surface area (Å²) in [5.74, 6) is -0.377. The summed E-state index contributed by atoms with van der Waals surface area (Å²) >= 11 is 0. The summed E-state index contributed by atoms with van der Waals surface area (Å²) in [5.41, 5.74) is 4.59. The molecule has 0 bridgehead atoms. The monoisotopic (exact) mass is 356 g/mol. The largest absolute Gasteiger partial charge is 0.378 e. The van der Waals surface area contributed by atoms with Gasteiger partial charge in [0.25, 0.3) is 0 Å². The van der Waals surface area contributed by atoms with E-state index in [-0.39, 0.29) is 18.3 Å². The first-order valence-electron chi connectivity index (χ1n) is 8.26. The summed E-state index contributed by atoms with van der Waals surface area (Å²) in [6, 6.07) is 6.25. The average molecular weight is 356 g/mol. The van der Waals surface area contributed by atoms with Crippen LogP contribution in [0.3, 0.4) is 0 Å². The molecule has 2 N–H and O–H groups in total. The zero-order valence-electron chi connectivity index (χ0n) is 15.0. The van der Waals surface area contributed by atoms with Crippen molar-refractivity contribution in [3.05, 3.63) is 59.4 Å². The van der Waals surface area contributed by atoms with Gasteiger partial charge < -0.3 is 10.6 Å². The molecule has 7 nitrogen and oxygen atoms in total. The lowest BCUT2D eigenvalue weighted by Gasteiger charge is -2.06. The smallest absolute Gasteiger partial charge is 0.241 e. The summed E-state index contributed by atoms with van der Waals surface area (Å²) in [4.78, 5) is 11.4. The Hall–Kier alpha value is -3.16. The maximum atomic E-state index is 13.1. The zero-order chi connectivity index (χ0) is 18.7. The zero-order valence-corrected chi connectivity index (χ0v) is 15.0. The summed E-state index contributed by atoms with van der Waals surface area (Å²) < 4.78 is 16.5. The second kappa shape index (κ2) is 7.38. The topological polar surface area (TPSA) is 76.8 Å². The Balaban J connectivity index is 1.73. The van der Waals surface area contributed by atoms with Gasteiger partial charge in [0.05, 0.1) is 23.3 Å². The highest BCUT2D eigenvalue weighted by Gasteiger charge is 2.13. The van der Waals surface area contributed by atoms with Crippen molar-refractivity contribution >= 4 is 11.6 Å². The van der Waals surface area contributed by atoms with Gasteiger partial charge in [0.2, 0.25) is 5.91 Å². The number of anilines is 1. The van der Waals surface area contributed by atoms with E-state index < -0.39 is 0 Å². The molecule has 1 amide bonds. The van der Waals surface area contributed by atoms with Gasteiger partial charge in [0.1, 0.15) is 12.4 Å². The highest BCUT2D eigenvalue weighted by Crippen LogP contribution is 2.19. The van der Waals surface area contributed by atoms with Crippen LogP contribution in [0.2, 0.25) is 0 Å². The fraction of sp³-hybridized carbons (Fsp3) is 0.278. The fourth-order valence-electron chi connectivity index (χ4n) is 2.72. The number of likely N-dealkylation sites (N-methyl/N-ethyl adjacent to an activating group) is 1. The molecule has 0 aliphatic rings. The minimum absolute atomic E-state index is 0.105. The van der Waals surface area contributed by atoms with E-state index in [9.17, 15) is 9.18 Å². The number of hydrogen-bond acceptors (Lipinski definition) is 4.